The first-order valence-corrected chi connectivity index (χ1v) is 9.00. The van der Waals surface area contributed by atoms with Gasteiger partial charge in [0.15, 0.2) is 0 Å². The van der Waals surface area contributed by atoms with Crippen molar-refractivity contribution in [1.82, 2.24) is 0 Å². The van der Waals surface area contributed by atoms with Gasteiger partial charge in [-0.15, -0.1) is 0 Å². The van der Waals surface area contributed by atoms with Crippen molar-refractivity contribution in [2.24, 2.45) is 0 Å². The Kier molecular flexibility index (Phi) is 5.37. The number of ether oxygens (including phenoxy) is 1. The molecule has 1 unspecified atom stereocenters. The molecule has 5 nitrogen and oxygen atoms in total. The first-order valence-electron chi connectivity index (χ1n) is 7.52. The summed E-state index contributed by atoms with van der Waals surface area (Å²) in [6, 6.07) is 12.1. The van der Waals surface area contributed by atoms with E-state index in [0.717, 1.165) is 17.7 Å². The third-order valence-electron chi connectivity index (χ3n) is 3.57. The van der Waals surface area contributed by atoms with Crippen molar-refractivity contribution < 1.29 is 27.1 Å². The van der Waals surface area contributed by atoms with E-state index in [9.17, 15) is 18.0 Å². The number of carbonyl (C=O) groups is 2. The molecule has 25 heavy (non-hydrogen) atoms. The van der Waals surface area contributed by atoms with E-state index in [0.29, 0.717) is 0 Å². The van der Waals surface area contributed by atoms with Gasteiger partial charge in [-0.25, -0.2) is 17.6 Å². The SMILES string of the molecule is CCOC(=O)C(F)(C(=O)c1ccccc1)S(=O)(=O)c1ccc(C)cc1. The minimum absolute atomic E-state index is 0.242. The van der Waals surface area contributed by atoms with Crippen molar-refractivity contribution in [1.29, 1.82) is 0 Å². The fraction of sp³-hybridized carbons (Fsp3) is 0.222. The minimum atomic E-state index is -4.98. The first kappa shape index (κ1) is 18.8. The van der Waals surface area contributed by atoms with Crippen LogP contribution in [-0.2, 0) is 19.4 Å². The Labute approximate surface area is 145 Å². The van der Waals surface area contributed by atoms with E-state index in [1.165, 1.54) is 43.3 Å². The molecule has 7 heteroatoms. The molecule has 0 aromatic heterocycles. The molecule has 0 radical (unpaired) electrons. The number of carbonyl (C=O) groups excluding carboxylic acids is 2. The Morgan fingerprint density at radius 2 is 1.60 bits per heavy atom. The summed E-state index contributed by atoms with van der Waals surface area (Å²) in [7, 11) is -4.98. The zero-order valence-electron chi connectivity index (χ0n) is 13.7. The summed E-state index contributed by atoms with van der Waals surface area (Å²) in [5.41, 5.74) is 0.502. The van der Waals surface area contributed by atoms with E-state index in [4.69, 9.17) is 0 Å². The Morgan fingerprint density at radius 3 is 2.12 bits per heavy atom. The second-order valence-corrected chi connectivity index (χ2v) is 7.37. The molecule has 2 rings (SSSR count). The van der Waals surface area contributed by atoms with Crippen molar-refractivity contribution >= 4 is 21.6 Å². The molecule has 0 aliphatic rings. The molecule has 0 aliphatic carbocycles. The van der Waals surface area contributed by atoms with Crippen LogP contribution in [0.1, 0.15) is 22.8 Å². The van der Waals surface area contributed by atoms with Crippen LogP contribution < -0.4 is 0 Å². The molecule has 0 aliphatic heterocycles. The largest absolute Gasteiger partial charge is 0.462 e. The zero-order chi connectivity index (χ0) is 18.7. The maximum Gasteiger partial charge on any atom is 0.371 e. The molecule has 0 fully saturated rings. The van der Waals surface area contributed by atoms with E-state index in [1.807, 2.05) is 0 Å². The average molecular weight is 364 g/mol. The molecular formula is C18H17FO5S. The lowest BCUT2D eigenvalue weighted by atomic mass is 10.1. The first-order chi connectivity index (χ1) is 11.7. The highest BCUT2D eigenvalue weighted by molar-refractivity contribution is 7.94. The normalized spacial score (nSPS) is 13.7. The number of sulfone groups is 1. The lowest BCUT2D eigenvalue weighted by Crippen LogP contribution is -2.50. The third-order valence-corrected chi connectivity index (χ3v) is 5.55. The number of alkyl halides is 1. The van der Waals surface area contributed by atoms with Gasteiger partial charge in [0, 0.05) is 5.56 Å². The van der Waals surface area contributed by atoms with Crippen LogP contribution in [0.4, 0.5) is 4.39 Å². The highest BCUT2D eigenvalue weighted by Crippen LogP contribution is 2.32. The number of ketones is 1. The maximum atomic E-state index is 15.6. The molecule has 0 saturated heterocycles. The Hall–Kier alpha value is -2.54. The van der Waals surface area contributed by atoms with E-state index in [1.54, 1.807) is 13.0 Å². The molecule has 0 heterocycles. The fourth-order valence-corrected chi connectivity index (χ4v) is 3.66. The van der Waals surface area contributed by atoms with Gasteiger partial charge in [0.1, 0.15) is 0 Å². The van der Waals surface area contributed by atoms with Gasteiger partial charge in [0.2, 0.25) is 15.6 Å². The molecule has 132 valence electrons. The smallest absolute Gasteiger partial charge is 0.371 e. The lowest BCUT2D eigenvalue weighted by molar-refractivity contribution is -0.149. The number of rotatable bonds is 6. The predicted molar refractivity (Wildman–Crippen MR) is 89.6 cm³/mol. The monoisotopic (exact) mass is 364 g/mol. The summed E-state index contributed by atoms with van der Waals surface area (Å²) in [5.74, 6) is -3.23. The van der Waals surface area contributed by atoms with Gasteiger partial charge in [0.25, 0.3) is 0 Å². The molecule has 0 saturated carbocycles. The van der Waals surface area contributed by atoms with Gasteiger partial charge in [-0.3, -0.25) is 4.79 Å². The zero-order valence-corrected chi connectivity index (χ0v) is 14.5. The molecule has 0 amide bonds. The average Bonchev–Trinajstić information content (AvgIpc) is 2.61. The van der Waals surface area contributed by atoms with Crippen LogP contribution in [0.2, 0.25) is 0 Å². The number of esters is 1. The van der Waals surface area contributed by atoms with E-state index < -0.39 is 31.5 Å². The van der Waals surface area contributed by atoms with E-state index in [2.05, 4.69) is 4.74 Å². The number of aryl methyl sites for hydroxylation is 1. The highest BCUT2D eigenvalue weighted by atomic mass is 32.2. The highest BCUT2D eigenvalue weighted by Gasteiger charge is 2.60. The van der Waals surface area contributed by atoms with Crippen LogP contribution in [0.15, 0.2) is 59.5 Å². The molecule has 2 aromatic rings. The molecule has 0 spiro atoms. The van der Waals surface area contributed by atoms with Crippen LogP contribution in [-0.4, -0.2) is 31.8 Å². The molecule has 0 N–H and O–H groups in total. The number of halogens is 1. The number of Topliss-reactive ketones (excluding diaryl/α,β-unsaturated/α-hetero) is 1. The molecule has 2 aromatic carbocycles. The van der Waals surface area contributed by atoms with Crippen LogP contribution in [0.3, 0.4) is 0 Å². The number of benzene rings is 2. The number of hydrogen-bond acceptors (Lipinski definition) is 5. The van der Waals surface area contributed by atoms with E-state index >= 15 is 4.39 Å². The quantitative estimate of drug-likeness (QED) is 0.447. The van der Waals surface area contributed by atoms with Crippen molar-refractivity contribution in [3.05, 3.63) is 65.7 Å². The maximum absolute atomic E-state index is 15.6. The van der Waals surface area contributed by atoms with Crippen molar-refractivity contribution in [3.63, 3.8) is 0 Å². The van der Waals surface area contributed by atoms with Crippen LogP contribution in [0.5, 0.6) is 0 Å². The lowest BCUT2D eigenvalue weighted by Gasteiger charge is -2.22. The van der Waals surface area contributed by atoms with Gasteiger partial charge >= 0.3 is 11.0 Å². The standard InChI is InChI=1S/C18H17FO5S/c1-3-24-17(21)18(19,16(20)14-7-5-4-6-8-14)25(22,23)15-11-9-13(2)10-12-15/h4-12H,3H2,1-2H3. The van der Waals surface area contributed by atoms with Crippen molar-refractivity contribution in [2.75, 3.05) is 6.61 Å². The minimum Gasteiger partial charge on any atom is -0.462 e. The van der Waals surface area contributed by atoms with Crippen molar-refractivity contribution in [3.8, 4) is 0 Å². The molecule has 1 atom stereocenters. The Morgan fingerprint density at radius 1 is 1.04 bits per heavy atom. The van der Waals surface area contributed by atoms with Gasteiger partial charge in [-0.1, -0.05) is 48.0 Å². The summed E-state index contributed by atoms with van der Waals surface area (Å²) in [6.07, 6.45) is 0. The topological polar surface area (TPSA) is 77.5 Å². The van der Waals surface area contributed by atoms with Crippen LogP contribution in [0.25, 0.3) is 0 Å². The molecule has 0 bridgehead atoms. The van der Waals surface area contributed by atoms with Gasteiger partial charge < -0.3 is 4.74 Å². The van der Waals surface area contributed by atoms with Crippen LogP contribution in [0, 0.1) is 6.92 Å². The Balaban J connectivity index is 2.65. The van der Waals surface area contributed by atoms with Gasteiger partial charge in [-0.2, -0.15) is 0 Å². The van der Waals surface area contributed by atoms with Crippen LogP contribution >= 0.6 is 0 Å². The summed E-state index contributed by atoms with van der Waals surface area (Å²) in [5, 5.41) is -3.86. The van der Waals surface area contributed by atoms with Gasteiger partial charge in [0.05, 0.1) is 11.5 Å². The second kappa shape index (κ2) is 7.14. The summed E-state index contributed by atoms with van der Waals surface area (Å²) >= 11 is 0. The summed E-state index contributed by atoms with van der Waals surface area (Å²) in [6.45, 7) is 2.85. The summed E-state index contributed by atoms with van der Waals surface area (Å²) < 4.78 is 45.8. The molecular weight excluding hydrogens is 347 g/mol. The second-order valence-electron chi connectivity index (χ2n) is 5.33. The fourth-order valence-electron chi connectivity index (χ4n) is 2.20. The summed E-state index contributed by atoms with van der Waals surface area (Å²) in [4.78, 5) is 24.3. The van der Waals surface area contributed by atoms with Gasteiger partial charge in [-0.05, 0) is 26.0 Å². The Bertz CT molecular complexity index is 875. The van der Waals surface area contributed by atoms with E-state index in [-0.39, 0.29) is 12.2 Å². The van der Waals surface area contributed by atoms with Crippen molar-refractivity contribution in [2.45, 2.75) is 23.7 Å². The number of hydrogen-bond donors (Lipinski definition) is 0. The predicted octanol–water partition coefficient (Wildman–Crippen LogP) is 2.88. The third kappa shape index (κ3) is 3.32.